The predicted molar refractivity (Wildman–Crippen MR) is 80.1 cm³/mol. The maximum atomic E-state index is 12.3. The van der Waals surface area contributed by atoms with Gasteiger partial charge in [0.1, 0.15) is 6.04 Å². The third kappa shape index (κ3) is 3.48. The number of fused-ring (bicyclic) bond motifs is 1. The molecule has 120 valence electrons. The smallest absolute Gasteiger partial charge is 0.326 e. The molecule has 1 aliphatic carbocycles. The van der Waals surface area contributed by atoms with E-state index < -0.39 is 12.0 Å². The summed E-state index contributed by atoms with van der Waals surface area (Å²) in [4.78, 5) is 27.6. The second-order valence-corrected chi connectivity index (χ2v) is 6.05. The number of nitrogens with zero attached hydrogens (tertiary/aromatic N) is 2. The van der Waals surface area contributed by atoms with E-state index >= 15 is 0 Å². The molecule has 0 bridgehead atoms. The molecule has 0 spiro atoms. The second-order valence-electron chi connectivity index (χ2n) is 6.05. The molecule has 0 aromatic heterocycles. The molecule has 2 fully saturated rings. The molecular formula is C15H27N3O3. The minimum atomic E-state index is -0.858. The number of hydrogen-bond donors (Lipinski definition) is 2. The van der Waals surface area contributed by atoms with Gasteiger partial charge < -0.3 is 20.2 Å². The monoisotopic (exact) mass is 297 g/mol. The summed E-state index contributed by atoms with van der Waals surface area (Å²) in [6.07, 6.45) is 3.08. The molecule has 2 rings (SSSR count). The van der Waals surface area contributed by atoms with E-state index in [1.54, 1.807) is 4.90 Å². The van der Waals surface area contributed by atoms with Gasteiger partial charge in [0.2, 0.25) is 0 Å². The van der Waals surface area contributed by atoms with Crippen LogP contribution in [0.1, 0.15) is 33.1 Å². The van der Waals surface area contributed by atoms with Crippen LogP contribution in [0, 0.1) is 11.8 Å². The van der Waals surface area contributed by atoms with E-state index in [0.29, 0.717) is 19.0 Å². The summed E-state index contributed by atoms with van der Waals surface area (Å²) in [7, 11) is 0. The van der Waals surface area contributed by atoms with Gasteiger partial charge in [0, 0.05) is 19.6 Å². The number of carbonyl (C=O) groups is 2. The van der Waals surface area contributed by atoms with Crippen molar-refractivity contribution in [1.29, 1.82) is 0 Å². The van der Waals surface area contributed by atoms with Gasteiger partial charge in [0.25, 0.3) is 0 Å². The molecule has 1 saturated heterocycles. The molecule has 1 saturated carbocycles. The number of carboxylic acids is 1. The van der Waals surface area contributed by atoms with Crippen molar-refractivity contribution in [2.75, 3.05) is 32.7 Å². The van der Waals surface area contributed by atoms with E-state index in [0.717, 1.165) is 38.9 Å². The maximum Gasteiger partial charge on any atom is 0.326 e. The van der Waals surface area contributed by atoms with E-state index in [1.807, 2.05) is 0 Å². The van der Waals surface area contributed by atoms with Crippen molar-refractivity contribution in [3.8, 4) is 0 Å². The molecule has 6 heteroatoms. The van der Waals surface area contributed by atoms with Crippen LogP contribution in [0.4, 0.5) is 4.79 Å². The van der Waals surface area contributed by atoms with E-state index in [4.69, 9.17) is 0 Å². The fourth-order valence-corrected chi connectivity index (χ4v) is 3.79. The van der Waals surface area contributed by atoms with Crippen molar-refractivity contribution in [2.45, 2.75) is 39.2 Å². The van der Waals surface area contributed by atoms with Gasteiger partial charge in [-0.1, -0.05) is 20.3 Å². The van der Waals surface area contributed by atoms with Crippen LogP contribution < -0.4 is 5.32 Å². The highest BCUT2D eigenvalue weighted by molar-refractivity contribution is 5.83. The van der Waals surface area contributed by atoms with Gasteiger partial charge in [-0.25, -0.2) is 9.59 Å². The average molecular weight is 297 g/mol. The van der Waals surface area contributed by atoms with Gasteiger partial charge in [0.05, 0.1) is 0 Å². The molecule has 21 heavy (non-hydrogen) atoms. The molecule has 6 nitrogen and oxygen atoms in total. The van der Waals surface area contributed by atoms with Gasteiger partial charge in [-0.2, -0.15) is 0 Å². The minimum Gasteiger partial charge on any atom is -0.480 e. The third-order valence-corrected chi connectivity index (χ3v) is 5.00. The Hall–Kier alpha value is -1.30. The summed E-state index contributed by atoms with van der Waals surface area (Å²) in [5, 5.41) is 12.3. The molecule has 0 aromatic rings. The Morgan fingerprint density at radius 2 is 2.00 bits per heavy atom. The molecule has 0 radical (unpaired) electrons. The van der Waals surface area contributed by atoms with Crippen LogP contribution in [0.3, 0.4) is 0 Å². The number of amides is 2. The number of aliphatic carboxylic acids is 1. The van der Waals surface area contributed by atoms with E-state index in [1.165, 1.54) is 0 Å². The van der Waals surface area contributed by atoms with E-state index in [9.17, 15) is 14.7 Å². The molecule has 2 aliphatic rings. The van der Waals surface area contributed by atoms with Crippen molar-refractivity contribution < 1.29 is 14.7 Å². The highest BCUT2D eigenvalue weighted by Crippen LogP contribution is 2.42. The Morgan fingerprint density at radius 3 is 2.62 bits per heavy atom. The summed E-state index contributed by atoms with van der Waals surface area (Å²) in [6, 6.07) is -0.852. The van der Waals surface area contributed by atoms with Crippen molar-refractivity contribution in [3.63, 3.8) is 0 Å². The molecule has 1 heterocycles. The van der Waals surface area contributed by atoms with Crippen molar-refractivity contribution >= 4 is 12.0 Å². The van der Waals surface area contributed by atoms with Crippen LogP contribution in [-0.4, -0.2) is 65.7 Å². The number of carbonyl (C=O) groups excluding carboxylic acids is 1. The number of nitrogens with one attached hydrogen (secondary N) is 1. The number of urea groups is 1. The quantitative estimate of drug-likeness (QED) is 0.773. The number of likely N-dealkylation sites (tertiary alicyclic amines) is 1. The number of hydrogen-bond acceptors (Lipinski definition) is 3. The van der Waals surface area contributed by atoms with Gasteiger partial charge in [-0.05, 0) is 37.8 Å². The van der Waals surface area contributed by atoms with E-state index in [-0.39, 0.29) is 11.9 Å². The first kappa shape index (κ1) is 16.1. The number of likely N-dealkylation sites (N-methyl/N-ethyl adjacent to an activating group) is 1. The Balaban J connectivity index is 1.88. The highest BCUT2D eigenvalue weighted by Gasteiger charge is 2.49. The normalized spacial score (nSPS) is 28.0. The lowest BCUT2D eigenvalue weighted by Crippen LogP contribution is -2.49. The molecule has 3 unspecified atom stereocenters. The second kappa shape index (κ2) is 7.11. The first-order valence-corrected chi connectivity index (χ1v) is 8.08. The zero-order valence-electron chi connectivity index (χ0n) is 13.0. The lowest BCUT2D eigenvalue weighted by molar-refractivity contribution is -0.142. The van der Waals surface area contributed by atoms with Crippen LogP contribution in [-0.2, 0) is 4.79 Å². The maximum absolute atomic E-state index is 12.3. The van der Waals surface area contributed by atoms with Crippen LogP contribution in [0.25, 0.3) is 0 Å². The SMILES string of the molecule is CCN(CC)CCNC(=O)N1CC2CCCC2C1C(=O)O. The lowest BCUT2D eigenvalue weighted by atomic mass is 9.94. The van der Waals surface area contributed by atoms with Crippen molar-refractivity contribution in [2.24, 2.45) is 11.8 Å². The molecule has 2 amide bonds. The summed E-state index contributed by atoms with van der Waals surface area (Å²) in [5.74, 6) is -0.334. The van der Waals surface area contributed by atoms with Crippen LogP contribution >= 0.6 is 0 Å². The zero-order chi connectivity index (χ0) is 15.4. The van der Waals surface area contributed by atoms with Gasteiger partial charge in [0.15, 0.2) is 0 Å². The first-order chi connectivity index (χ1) is 10.1. The Labute approximate surface area is 126 Å². The molecule has 3 atom stereocenters. The fourth-order valence-electron chi connectivity index (χ4n) is 3.79. The van der Waals surface area contributed by atoms with Gasteiger partial charge >= 0.3 is 12.0 Å². The molecule has 0 aromatic carbocycles. The largest absolute Gasteiger partial charge is 0.480 e. The lowest BCUT2D eigenvalue weighted by Gasteiger charge is -2.25. The summed E-state index contributed by atoms with van der Waals surface area (Å²) in [5.41, 5.74) is 0. The highest BCUT2D eigenvalue weighted by atomic mass is 16.4. The summed E-state index contributed by atoms with van der Waals surface area (Å²) < 4.78 is 0. The first-order valence-electron chi connectivity index (χ1n) is 8.08. The fraction of sp³-hybridized carbons (Fsp3) is 0.867. The van der Waals surface area contributed by atoms with Crippen molar-refractivity contribution in [3.05, 3.63) is 0 Å². The Kier molecular flexibility index (Phi) is 5.45. The minimum absolute atomic E-state index is 0.149. The van der Waals surface area contributed by atoms with Gasteiger partial charge in [-0.15, -0.1) is 0 Å². The summed E-state index contributed by atoms with van der Waals surface area (Å²) >= 11 is 0. The van der Waals surface area contributed by atoms with Crippen LogP contribution in [0.15, 0.2) is 0 Å². The summed E-state index contributed by atoms with van der Waals surface area (Å²) in [6.45, 7) is 8.06. The topological polar surface area (TPSA) is 72.9 Å². The Bertz CT molecular complexity index is 384. The van der Waals surface area contributed by atoms with Crippen LogP contribution in [0.2, 0.25) is 0 Å². The zero-order valence-corrected chi connectivity index (χ0v) is 13.0. The average Bonchev–Trinajstić information content (AvgIpc) is 3.03. The Morgan fingerprint density at radius 1 is 1.29 bits per heavy atom. The van der Waals surface area contributed by atoms with Gasteiger partial charge in [-0.3, -0.25) is 0 Å². The third-order valence-electron chi connectivity index (χ3n) is 5.00. The standard InChI is InChI=1S/C15H27N3O3/c1-3-17(4-2)9-8-16-15(21)18-10-11-6-5-7-12(11)13(18)14(19)20/h11-13H,3-10H2,1-2H3,(H,16,21)(H,19,20). The predicted octanol–water partition coefficient (Wildman–Crippen LogP) is 1.22. The number of rotatable bonds is 6. The molecule has 2 N–H and O–H groups in total. The van der Waals surface area contributed by atoms with Crippen LogP contribution in [0.5, 0.6) is 0 Å². The molecular weight excluding hydrogens is 270 g/mol. The molecule has 1 aliphatic heterocycles. The van der Waals surface area contributed by atoms with E-state index in [2.05, 4.69) is 24.1 Å². The van der Waals surface area contributed by atoms with Crippen molar-refractivity contribution in [1.82, 2.24) is 15.1 Å². The number of carboxylic acid groups (broad SMARTS) is 1.